The summed E-state index contributed by atoms with van der Waals surface area (Å²) in [6, 6.07) is 12.9. The van der Waals surface area contributed by atoms with E-state index in [9.17, 15) is 14.7 Å². The molecule has 0 saturated carbocycles. The van der Waals surface area contributed by atoms with Gasteiger partial charge < -0.3 is 19.5 Å². The minimum Gasteiger partial charge on any atom is -0.507 e. The monoisotopic (exact) mass is 329 g/mol. The number of hydrogen-bond acceptors (Lipinski definition) is 5. The lowest BCUT2D eigenvalue weighted by atomic mass is 10.1. The van der Waals surface area contributed by atoms with Crippen molar-refractivity contribution in [3.05, 3.63) is 59.7 Å². The van der Waals surface area contributed by atoms with Crippen LogP contribution in [0.4, 0.5) is 0 Å². The quantitative estimate of drug-likeness (QED) is 0.853. The second-order valence-corrected chi connectivity index (χ2v) is 5.31. The lowest BCUT2D eigenvalue weighted by molar-refractivity contribution is -0.138. The molecule has 2 aromatic rings. The molecule has 1 atom stereocenters. The Morgan fingerprint density at radius 1 is 1.08 bits per heavy atom. The van der Waals surface area contributed by atoms with Crippen LogP contribution in [-0.4, -0.2) is 43.1 Å². The normalized spacial score (nSPS) is 11.5. The fraction of sp³-hybridized carbons (Fsp3) is 0.222. The first-order valence-corrected chi connectivity index (χ1v) is 7.28. The molecule has 0 fully saturated rings. The van der Waals surface area contributed by atoms with Crippen LogP contribution in [-0.2, 0) is 9.53 Å². The number of phenolic OH excluding ortho intramolecular Hbond substituents is 1. The van der Waals surface area contributed by atoms with E-state index in [4.69, 9.17) is 9.47 Å². The Balaban J connectivity index is 2.33. The molecule has 1 N–H and O–H groups in total. The molecule has 1 amide bonds. The summed E-state index contributed by atoms with van der Waals surface area (Å²) in [4.78, 5) is 26.2. The number of nitrogens with zero attached hydrogens (tertiary/aromatic N) is 1. The van der Waals surface area contributed by atoms with Crippen molar-refractivity contribution in [2.24, 2.45) is 0 Å². The van der Waals surface area contributed by atoms with Crippen molar-refractivity contribution >= 4 is 11.9 Å². The van der Waals surface area contributed by atoms with Gasteiger partial charge in [0.25, 0.3) is 5.91 Å². The Kier molecular flexibility index (Phi) is 5.42. The van der Waals surface area contributed by atoms with Gasteiger partial charge in [-0.25, -0.2) is 4.79 Å². The summed E-state index contributed by atoms with van der Waals surface area (Å²) < 4.78 is 10.4. The van der Waals surface area contributed by atoms with Crippen LogP contribution in [0.15, 0.2) is 48.5 Å². The SMILES string of the molecule is COc1ccc(O)c(C(=O)OC(C(=O)N(C)C)c2ccccc2)c1. The number of aromatic hydroxyl groups is 1. The Labute approximate surface area is 140 Å². The van der Waals surface area contributed by atoms with Crippen LogP contribution in [0, 0.1) is 0 Å². The third-order valence-electron chi connectivity index (χ3n) is 3.42. The van der Waals surface area contributed by atoms with Crippen LogP contribution in [0.3, 0.4) is 0 Å². The fourth-order valence-corrected chi connectivity index (χ4v) is 2.10. The van der Waals surface area contributed by atoms with E-state index in [0.717, 1.165) is 0 Å². The summed E-state index contributed by atoms with van der Waals surface area (Å²) >= 11 is 0. The predicted molar refractivity (Wildman–Crippen MR) is 88.0 cm³/mol. The maximum absolute atomic E-state index is 12.4. The van der Waals surface area contributed by atoms with Crippen molar-refractivity contribution < 1.29 is 24.2 Å². The topological polar surface area (TPSA) is 76.1 Å². The molecule has 0 aliphatic carbocycles. The molecule has 0 aromatic heterocycles. The molecule has 126 valence electrons. The van der Waals surface area contributed by atoms with Gasteiger partial charge in [-0.05, 0) is 18.2 Å². The Bertz CT molecular complexity index is 727. The van der Waals surface area contributed by atoms with E-state index < -0.39 is 12.1 Å². The van der Waals surface area contributed by atoms with Crippen LogP contribution >= 0.6 is 0 Å². The number of carbonyl (C=O) groups excluding carboxylic acids is 2. The second kappa shape index (κ2) is 7.50. The van der Waals surface area contributed by atoms with Crippen molar-refractivity contribution in [1.29, 1.82) is 0 Å². The number of rotatable bonds is 5. The van der Waals surface area contributed by atoms with Crippen molar-refractivity contribution in [1.82, 2.24) is 4.90 Å². The first kappa shape index (κ1) is 17.3. The molecule has 2 aromatic carbocycles. The molecule has 1 unspecified atom stereocenters. The highest BCUT2D eigenvalue weighted by atomic mass is 16.5. The first-order chi connectivity index (χ1) is 11.4. The average molecular weight is 329 g/mol. The van der Waals surface area contributed by atoms with Gasteiger partial charge in [0.1, 0.15) is 17.1 Å². The molecule has 0 heterocycles. The lowest BCUT2D eigenvalue weighted by Crippen LogP contribution is -2.31. The number of methoxy groups -OCH3 is 1. The van der Waals surface area contributed by atoms with Crippen LogP contribution in [0.5, 0.6) is 11.5 Å². The van der Waals surface area contributed by atoms with E-state index >= 15 is 0 Å². The fourth-order valence-electron chi connectivity index (χ4n) is 2.10. The number of ether oxygens (including phenoxy) is 2. The molecule has 0 bridgehead atoms. The van der Waals surface area contributed by atoms with Gasteiger partial charge in [0, 0.05) is 19.7 Å². The van der Waals surface area contributed by atoms with E-state index in [1.54, 1.807) is 44.4 Å². The molecule has 2 rings (SSSR count). The minimum absolute atomic E-state index is 0.0677. The maximum atomic E-state index is 12.4. The average Bonchev–Trinajstić information content (AvgIpc) is 2.60. The van der Waals surface area contributed by atoms with E-state index in [0.29, 0.717) is 11.3 Å². The number of hydrogen-bond donors (Lipinski definition) is 1. The highest BCUT2D eigenvalue weighted by molar-refractivity contribution is 5.95. The highest BCUT2D eigenvalue weighted by Crippen LogP contribution is 2.27. The van der Waals surface area contributed by atoms with Gasteiger partial charge in [-0.1, -0.05) is 30.3 Å². The van der Waals surface area contributed by atoms with Gasteiger partial charge >= 0.3 is 5.97 Å². The smallest absolute Gasteiger partial charge is 0.343 e. The molecule has 0 radical (unpaired) electrons. The second-order valence-electron chi connectivity index (χ2n) is 5.31. The van der Waals surface area contributed by atoms with Crippen molar-refractivity contribution in [3.8, 4) is 11.5 Å². The van der Waals surface area contributed by atoms with E-state index in [-0.39, 0.29) is 17.2 Å². The standard InChI is InChI=1S/C18H19NO5/c1-19(2)17(21)16(12-7-5-4-6-8-12)24-18(22)14-11-13(23-3)9-10-15(14)20/h4-11,16,20H,1-3H3. The van der Waals surface area contributed by atoms with Crippen LogP contribution in [0.1, 0.15) is 22.0 Å². The minimum atomic E-state index is -1.10. The van der Waals surface area contributed by atoms with Gasteiger partial charge in [0.15, 0.2) is 0 Å². The summed E-state index contributed by atoms with van der Waals surface area (Å²) in [6.45, 7) is 0. The third-order valence-corrected chi connectivity index (χ3v) is 3.42. The van der Waals surface area contributed by atoms with Gasteiger partial charge in [-0.15, -0.1) is 0 Å². The van der Waals surface area contributed by atoms with Crippen LogP contribution in [0.2, 0.25) is 0 Å². The van der Waals surface area contributed by atoms with Gasteiger partial charge in [-0.2, -0.15) is 0 Å². The van der Waals surface area contributed by atoms with E-state index in [1.807, 2.05) is 0 Å². The maximum Gasteiger partial charge on any atom is 0.343 e. The summed E-state index contributed by atoms with van der Waals surface area (Å²) in [7, 11) is 4.61. The predicted octanol–water partition coefficient (Wildman–Crippen LogP) is 2.39. The Morgan fingerprint density at radius 3 is 2.33 bits per heavy atom. The number of phenols is 1. The molecular formula is C18H19NO5. The first-order valence-electron chi connectivity index (χ1n) is 7.28. The zero-order valence-electron chi connectivity index (χ0n) is 13.7. The molecule has 6 nitrogen and oxygen atoms in total. The van der Waals surface area contributed by atoms with Crippen molar-refractivity contribution in [2.75, 3.05) is 21.2 Å². The molecule has 0 aliphatic heterocycles. The lowest BCUT2D eigenvalue weighted by Gasteiger charge is -2.21. The Hall–Kier alpha value is -3.02. The van der Waals surface area contributed by atoms with E-state index in [2.05, 4.69) is 0 Å². The molecule has 0 saturated heterocycles. The molecule has 0 spiro atoms. The summed E-state index contributed by atoms with van der Waals surface area (Å²) in [5.74, 6) is -1.03. The zero-order valence-corrected chi connectivity index (χ0v) is 13.7. The number of carbonyl (C=O) groups is 2. The summed E-state index contributed by atoms with van der Waals surface area (Å²) in [5.41, 5.74) is 0.480. The number of esters is 1. The highest BCUT2D eigenvalue weighted by Gasteiger charge is 2.28. The summed E-state index contributed by atoms with van der Waals surface area (Å²) in [5, 5.41) is 9.88. The number of benzene rings is 2. The van der Waals surface area contributed by atoms with Crippen molar-refractivity contribution in [3.63, 3.8) is 0 Å². The third kappa shape index (κ3) is 3.84. The summed E-state index contributed by atoms with van der Waals surface area (Å²) in [6.07, 6.45) is -1.10. The number of likely N-dealkylation sites (N-methyl/N-ethyl adjacent to an activating group) is 1. The molecular weight excluding hydrogens is 310 g/mol. The van der Waals surface area contributed by atoms with Crippen molar-refractivity contribution in [2.45, 2.75) is 6.10 Å². The molecule has 24 heavy (non-hydrogen) atoms. The van der Waals surface area contributed by atoms with Gasteiger partial charge in [0.2, 0.25) is 6.10 Å². The van der Waals surface area contributed by atoms with Gasteiger partial charge in [-0.3, -0.25) is 4.79 Å². The molecule has 0 aliphatic rings. The van der Waals surface area contributed by atoms with E-state index in [1.165, 1.54) is 30.2 Å². The largest absolute Gasteiger partial charge is 0.507 e. The Morgan fingerprint density at radius 2 is 1.75 bits per heavy atom. The molecule has 6 heteroatoms. The van der Waals surface area contributed by atoms with Crippen LogP contribution in [0.25, 0.3) is 0 Å². The number of amides is 1. The van der Waals surface area contributed by atoms with Crippen LogP contribution < -0.4 is 4.74 Å². The zero-order chi connectivity index (χ0) is 17.7. The van der Waals surface area contributed by atoms with Gasteiger partial charge in [0.05, 0.1) is 7.11 Å².